The highest BCUT2D eigenvalue weighted by molar-refractivity contribution is 5.75. The van der Waals surface area contributed by atoms with Crippen LogP contribution in [0.3, 0.4) is 0 Å². The van der Waals surface area contributed by atoms with E-state index in [9.17, 15) is 9.59 Å². The molecule has 0 spiro atoms. The van der Waals surface area contributed by atoms with Crippen molar-refractivity contribution in [1.29, 1.82) is 0 Å². The van der Waals surface area contributed by atoms with Gasteiger partial charge in [0.25, 0.3) is 5.56 Å². The second-order valence-corrected chi connectivity index (χ2v) is 8.47. The van der Waals surface area contributed by atoms with Gasteiger partial charge in [-0.2, -0.15) is 10.2 Å². The average Bonchev–Trinajstić information content (AvgIpc) is 3.28. The van der Waals surface area contributed by atoms with Crippen LogP contribution in [0.2, 0.25) is 0 Å². The van der Waals surface area contributed by atoms with Gasteiger partial charge in [-0.25, -0.2) is 9.20 Å². The summed E-state index contributed by atoms with van der Waals surface area (Å²) in [5.74, 6) is 1.02. The molecule has 8 nitrogen and oxygen atoms in total. The highest BCUT2D eigenvalue weighted by Gasteiger charge is 2.15. The number of fused-ring (bicyclic) bond motifs is 1. The van der Waals surface area contributed by atoms with Crippen molar-refractivity contribution in [2.75, 3.05) is 0 Å². The van der Waals surface area contributed by atoms with Crippen molar-refractivity contribution in [2.24, 2.45) is 0 Å². The van der Waals surface area contributed by atoms with Crippen molar-refractivity contribution < 1.29 is 9.53 Å². The lowest BCUT2D eigenvalue weighted by Crippen LogP contribution is -2.34. The van der Waals surface area contributed by atoms with Gasteiger partial charge in [0.2, 0.25) is 5.91 Å². The van der Waals surface area contributed by atoms with E-state index in [0.717, 1.165) is 23.3 Å². The number of aromatic nitrogens is 4. The molecule has 0 saturated heterocycles. The lowest BCUT2D eigenvalue weighted by molar-refractivity contribution is -0.122. The van der Waals surface area contributed by atoms with Crippen LogP contribution in [0, 0.1) is 6.92 Å². The molecule has 2 aromatic heterocycles. The maximum atomic E-state index is 13.0. The summed E-state index contributed by atoms with van der Waals surface area (Å²) in [6, 6.07) is 17.4. The van der Waals surface area contributed by atoms with E-state index in [-0.39, 0.29) is 24.1 Å². The van der Waals surface area contributed by atoms with Crippen LogP contribution in [-0.4, -0.2) is 31.4 Å². The number of amides is 1. The van der Waals surface area contributed by atoms with E-state index >= 15 is 0 Å². The van der Waals surface area contributed by atoms with Gasteiger partial charge < -0.3 is 10.1 Å². The standard InChI is InChI=1S/C26H29N5O3/c1-5-19-6-10-21(11-7-19)23-14-24-26(33)30(28-18(4)31(24)29-23)16-25(32)27-15-20-8-12-22(13-9-20)34-17(2)3/h6-14,17H,5,15-16H2,1-4H3,(H,27,32). The van der Waals surface area contributed by atoms with E-state index in [1.54, 1.807) is 13.0 Å². The Morgan fingerprint density at radius 3 is 2.35 bits per heavy atom. The maximum Gasteiger partial charge on any atom is 0.293 e. The summed E-state index contributed by atoms with van der Waals surface area (Å²) in [4.78, 5) is 25.5. The number of ether oxygens (including phenoxy) is 1. The van der Waals surface area contributed by atoms with Gasteiger partial charge in [0, 0.05) is 12.1 Å². The third-order valence-electron chi connectivity index (χ3n) is 5.47. The van der Waals surface area contributed by atoms with Crippen LogP contribution in [0.15, 0.2) is 59.4 Å². The van der Waals surface area contributed by atoms with Gasteiger partial charge in [0.1, 0.15) is 23.6 Å². The monoisotopic (exact) mass is 459 g/mol. The fourth-order valence-corrected chi connectivity index (χ4v) is 3.68. The third-order valence-corrected chi connectivity index (χ3v) is 5.47. The molecule has 34 heavy (non-hydrogen) atoms. The summed E-state index contributed by atoms with van der Waals surface area (Å²) in [5.41, 5.74) is 3.81. The number of hydrogen-bond donors (Lipinski definition) is 1. The third kappa shape index (κ3) is 5.17. The number of aryl methyl sites for hydroxylation is 2. The van der Waals surface area contributed by atoms with Crippen LogP contribution >= 0.6 is 0 Å². The zero-order valence-corrected chi connectivity index (χ0v) is 19.9. The fraction of sp³-hybridized carbons (Fsp3) is 0.308. The summed E-state index contributed by atoms with van der Waals surface area (Å²) in [6.07, 6.45) is 1.06. The Balaban J connectivity index is 1.47. The molecule has 176 valence electrons. The zero-order chi connectivity index (χ0) is 24.2. The molecule has 2 heterocycles. The van der Waals surface area contributed by atoms with E-state index in [0.29, 0.717) is 23.6 Å². The average molecular weight is 460 g/mol. The molecule has 4 rings (SSSR count). The van der Waals surface area contributed by atoms with E-state index in [1.807, 2.05) is 50.2 Å². The van der Waals surface area contributed by atoms with Crippen molar-refractivity contribution in [2.45, 2.75) is 53.3 Å². The Morgan fingerprint density at radius 1 is 1.03 bits per heavy atom. The summed E-state index contributed by atoms with van der Waals surface area (Å²) in [7, 11) is 0. The quantitative estimate of drug-likeness (QED) is 0.435. The predicted octanol–water partition coefficient (Wildman–Crippen LogP) is 3.53. The maximum absolute atomic E-state index is 13.0. The molecule has 0 aliphatic rings. The number of carbonyl (C=O) groups is 1. The Hall–Kier alpha value is -3.94. The molecule has 0 unspecified atom stereocenters. The van der Waals surface area contributed by atoms with Gasteiger partial charge >= 0.3 is 0 Å². The van der Waals surface area contributed by atoms with Gasteiger partial charge in [-0.1, -0.05) is 43.3 Å². The molecule has 1 N–H and O–H groups in total. The minimum atomic E-state index is -0.361. The first kappa shape index (κ1) is 23.2. The first-order valence-electron chi connectivity index (χ1n) is 11.4. The van der Waals surface area contributed by atoms with Crippen molar-refractivity contribution in [3.63, 3.8) is 0 Å². The summed E-state index contributed by atoms with van der Waals surface area (Å²) >= 11 is 0. The number of nitrogens with one attached hydrogen (secondary N) is 1. The number of carbonyl (C=O) groups excluding carboxylic acids is 1. The predicted molar refractivity (Wildman–Crippen MR) is 131 cm³/mol. The molecular formula is C26H29N5O3. The van der Waals surface area contributed by atoms with Crippen LogP contribution in [0.5, 0.6) is 5.75 Å². The first-order chi connectivity index (χ1) is 16.3. The highest BCUT2D eigenvalue weighted by Crippen LogP contribution is 2.20. The molecule has 8 heteroatoms. The molecule has 0 aliphatic carbocycles. The van der Waals surface area contributed by atoms with Crippen LogP contribution in [-0.2, 0) is 24.3 Å². The van der Waals surface area contributed by atoms with Gasteiger partial charge in [0.15, 0.2) is 0 Å². The second kappa shape index (κ2) is 9.91. The molecular weight excluding hydrogens is 430 g/mol. The second-order valence-electron chi connectivity index (χ2n) is 8.47. The van der Waals surface area contributed by atoms with Crippen molar-refractivity contribution >= 4 is 11.4 Å². The van der Waals surface area contributed by atoms with E-state index in [2.05, 4.69) is 34.6 Å². The summed E-state index contributed by atoms with van der Waals surface area (Å²) in [5, 5.41) is 11.7. The molecule has 1 amide bonds. The Kier molecular flexibility index (Phi) is 6.77. The van der Waals surface area contributed by atoms with Crippen molar-refractivity contribution in [3.8, 4) is 17.0 Å². The van der Waals surface area contributed by atoms with Crippen molar-refractivity contribution in [1.82, 2.24) is 24.7 Å². The Bertz CT molecular complexity index is 1350. The molecule has 0 radical (unpaired) electrons. The highest BCUT2D eigenvalue weighted by atomic mass is 16.5. The normalized spacial score (nSPS) is 11.2. The lowest BCUT2D eigenvalue weighted by Gasteiger charge is -2.11. The SMILES string of the molecule is CCc1ccc(-c2cc3c(=O)n(CC(=O)NCc4ccc(OC(C)C)cc4)nc(C)n3n2)cc1. The Morgan fingerprint density at radius 2 is 1.71 bits per heavy atom. The number of rotatable bonds is 8. The van der Waals surface area contributed by atoms with Gasteiger partial charge in [0.05, 0.1) is 11.8 Å². The van der Waals surface area contributed by atoms with Crippen molar-refractivity contribution in [3.05, 3.63) is 81.9 Å². The number of nitrogens with zero attached hydrogens (tertiary/aromatic N) is 4. The number of benzene rings is 2. The van der Waals surface area contributed by atoms with Gasteiger partial charge in [-0.3, -0.25) is 9.59 Å². The summed E-state index contributed by atoms with van der Waals surface area (Å²) < 4.78 is 8.35. The van der Waals surface area contributed by atoms with Crippen LogP contribution in [0.25, 0.3) is 16.8 Å². The van der Waals surface area contributed by atoms with Crippen LogP contribution in [0.4, 0.5) is 0 Å². The zero-order valence-electron chi connectivity index (χ0n) is 19.9. The van der Waals surface area contributed by atoms with Gasteiger partial charge in [-0.05, 0) is 56.5 Å². The molecule has 0 atom stereocenters. The number of hydrogen-bond acceptors (Lipinski definition) is 5. The minimum absolute atomic E-state index is 0.102. The molecule has 0 saturated carbocycles. The first-order valence-corrected chi connectivity index (χ1v) is 11.4. The van der Waals surface area contributed by atoms with Crippen LogP contribution in [0.1, 0.15) is 37.7 Å². The van der Waals surface area contributed by atoms with Gasteiger partial charge in [-0.15, -0.1) is 0 Å². The van der Waals surface area contributed by atoms with Crippen LogP contribution < -0.4 is 15.6 Å². The molecule has 0 fully saturated rings. The van der Waals surface area contributed by atoms with E-state index in [4.69, 9.17) is 4.74 Å². The molecule has 0 aliphatic heterocycles. The topological polar surface area (TPSA) is 90.5 Å². The van der Waals surface area contributed by atoms with E-state index < -0.39 is 0 Å². The largest absolute Gasteiger partial charge is 0.491 e. The smallest absolute Gasteiger partial charge is 0.293 e. The summed E-state index contributed by atoms with van der Waals surface area (Å²) in [6.45, 7) is 7.98. The van der Waals surface area contributed by atoms with E-state index in [1.165, 1.54) is 14.8 Å². The Labute approximate surface area is 198 Å². The minimum Gasteiger partial charge on any atom is -0.491 e. The lowest BCUT2D eigenvalue weighted by atomic mass is 10.1. The molecule has 2 aromatic carbocycles. The fourth-order valence-electron chi connectivity index (χ4n) is 3.68. The molecule has 0 bridgehead atoms. The molecule has 4 aromatic rings.